The molecule has 0 saturated heterocycles. The van der Waals surface area contributed by atoms with Gasteiger partial charge in [-0.1, -0.05) is 27.7 Å². The third-order valence-corrected chi connectivity index (χ3v) is 4.39. The standard InChI is InChI=1S/C16H34N2/c1-13-6-8-15(9-7-13)18(5)12-14(11-17)10-16(2,3)4/h13-15H,6-12,17H2,1-5H3. The highest BCUT2D eigenvalue weighted by Crippen LogP contribution is 2.29. The Balaban J connectivity index is 2.39. The number of hydrogen-bond donors (Lipinski definition) is 1. The summed E-state index contributed by atoms with van der Waals surface area (Å²) in [5.74, 6) is 1.59. The normalized spacial score (nSPS) is 27.5. The molecular weight excluding hydrogens is 220 g/mol. The molecule has 1 aliphatic carbocycles. The lowest BCUT2D eigenvalue weighted by molar-refractivity contribution is 0.136. The van der Waals surface area contributed by atoms with E-state index in [0.29, 0.717) is 11.3 Å². The third-order valence-electron chi connectivity index (χ3n) is 4.39. The highest BCUT2D eigenvalue weighted by molar-refractivity contribution is 4.79. The number of nitrogens with two attached hydrogens (primary N) is 1. The Morgan fingerprint density at radius 2 is 1.72 bits per heavy atom. The first-order valence-electron chi connectivity index (χ1n) is 7.72. The molecule has 0 heterocycles. The van der Waals surface area contributed by atoms with Gasteiger partial charge in [-0.05, 0) is 62.9 Å². The van der Waals surface area contributed by atoms with E-state index in [4.69, 9.17) is 5.73 Å². The quantitative estimate of drug-likeness (QED) is 0.813. The van der Waals surface area contributed by atoms with Gasteiger partial charge in [0, 0.05) is 12.6 Å². The van der Waals surface area contributed by atoms with Crippen LogP contribution in [-0.4, -0.2) is 31.1 Å². The fourth-order valence-electron chi connectivity index (χ4n) is 3.33. The molecule has 1 fully saturated rings. The van der Waals surface area contributed by atoms with Crippen molar-refractivity contribution in [3.05, 3.63) is 0 Å². The summed E-state index contributed by atoms with van der Waals surface area (Å²) < 4.78 is 0. The predicted octanol–water partition coefficient (Wildman–Crippen LogP) is 3.51. The van der Waals surface area contributed by atoms with Gasteiger partial charge >= 0.3 is 0 Å². The molecule has 0 amide bonds. The Bertz CT molecular complexity index is 224. The van der Waals surface area contributed by atoms with Crippen LogP contribution in [0.3, 0.4) is 0 Å². The van der Waals surface area contributed by atoms with Gasteiger partial charge in [0.2, 0.25) is 0 Å². The molecule has 1 rings (SSSR count). The summed E-state index contributed by atoms with van der Waals surface area (Å²) in [4.78, 5) is 2.58. The Morgan fingerprint density at radius 1 is 1.17 bits per heavy atom. The number of rotatable bonds is 5. The van der Waals surface area contributed by atoms with Crippen molar-refractivity contribution in [3.8, 4) is 0 Å². The van der Waals surface area contributed by atoms with Crippen LogP contribution in [0.25, 0.3) is 0 Å². The zero-order valence-corrected chi connectivity index (χ0v) is 13.2. The molecule has 1 atom stereocenters. The van der Waals surface area contributed by atoms with E-state index in [-0.39, 0.29) is 0 Å². The number of nitrogens with zero attached hydrogens (tertiary/aromatic N) is 1. The van der Waals surface area contributed by atoms with Crippen LogP contribution in [0.4, 0.5) is 0 Å². The Hall–Kier alpha value is -0.0800. The highest BCUT2D eigenvalue weighted by Gasteiger charge is 2.25. The van der Waals surface area contributed by atoms with Crippen molar-refractivity contribution in [2.75, 3.05) is 20.1 Å². The second-order valence-electron chi connectivity index (χ2n) is 7.72. The van der Waals surface area contributed by atoms with Crippen LogP contribution in [-0.2, 0) is 0 Å². The van der Waals surface area contributed by atoms with Gasteiger partial charge in [-0.3, -0.25) is 0 Å². The molecule has 2 heteroatoms. The fraction of sp³-hybridized carbons (Fsp3) is 1.00. The van der Waals surface area contributed by atoms with E-state index >= 15 is 0 Å². The lowest BCUT2D eigenvalue weighted by atomic mass is 9.83. The molecule has 0 radical (unpaired) electrons. The maximum absolute atomic E-state index is 5.95. The Labute approximate surface area is 114 Å². The SMILES string of the molecule is CC1CCC(N(C)CC(CN)CC(C)(C)C)CC1. The predicted molar refractivity (Wildman–Crippen MR) is 80.7 cm³/mol. The molecule has 2 N–H and O–H groups in total. The van der Waals surface area contributed by atoms with Crippen molar-refractivity contribution in [1.29, 1.82) is 0 Å². The van der Waals surface area contributed by atoms with Crippen molar-refractivity contribution in [2.24, 2.45) is 23.0 Å². The first-order valence-corrected chi connectivity index (χ1v) is 7.72. The van der Waals surface area contributed by atoms with Crippen molar-refractivity contribution in [3.63, 3.8) is 0 Å². The summed E-state index contributed by atoms with van der Waals surface area (Å²) in [6.07, 6.45) is 6.80. The van der Waals surface area contributed by atoms with Crippen LogP contribution >= 0.6 is 0 Å². The van der Waals surface area contributed by atoms with Gasteiger partial charge in [0.05, 0.1) is 0 Å². The molecule has 0 bridgehead atoms. The smallest absolute Gasteiger partial charge is 0.00925 e. The van der Waals surface area contributed by atoms with Gasteiger partial charge < -0.3 is 10.6 Å². The lowest BCUT2D eigenvalue weighted by Gasteiger charge is -2.36. The highest BCUT2D eigenvalue weighted by atomic mass is 15.1. The van der Waals surface area contributed by atoms with Crippen molar-refractivity contribution in [1.82, 2.24) is 4.90 Å². The van der Waals surface area contributed by atoms with E-state index in [1.807, 2.05) is 0 Å². The second-order valence-corrected chi connectivity index (χ2v) is 7.72. The van der Waals surface area contributed by atoms with Gasteiger partial charge in [-0.2, -0.15) is 0 Å². The summed E-state index contributed by atoms with van der Waals surface area (Å²) in [6, 6.07) is 0.801. The molecule has 1 saturated carbocycles. The second kappa shape index (κ2) is 6.91. The molecule has 0 aromatic heterocycles. The molecule has 0 spiro atoms. The van der Waals surface area contributed by atoms with Crippen molar-refractivity contribution >= 4 is 0 Å². The van der Waals surface area contributed by atoms with E-state index in [2.05, 4.69) is 39.6 Å². The van der Waals surface area contributed by atoms with E-state index in [0.717, 1.165) is 18.5 Å². The van der Waals surface area contributed by atoms with E-state index in [9.17, 15) is 0 Å². The maximum Gasteiger partial charge on any atom is 0.00925 e. The fourth-order valence-corrected chi connectivity index (χ4v) is 3.33. The van der Waals surface area contributed by atoms with Gasteiger partial charge in [-0.25, -0.2) is 0 Å². The van der Waals surface area contributed by atoms with E-state index in [1.165, 1.54) is 38.6 Å². The summed E-state index contributed by atoms with van der Waals surface area (Å²) in [5.41, 5.74) is 6.35. The van der Waals surface area contributed by atoms with E-state index in [1.54, 1.807) is 0 Å². The minimum absolute atomic E-state index is 0.395. The monoisotopic (exact) mass is 254 g/mol. The van der Waals surface area contributed by atoms with Crippen LogP contribution in [0.2, 0.25) is 0 Å². The van der Waals surface area contributed by atoms with Gasteiger partial charge in [-0.15, -0.1) is 0 Å². The summed E-state index contributed by atoms with van der Waals surface area (Å²) in [6.45, 7) is 11.3. The van der Waals surface area contributed by atoms with Crippen LogP contribution < -0.4 is 5.73 Å². The van der Waals surface area contributed by atoms with Crippen LogP contribution in [0.1, 0.15) is 59.8 Å². The molecule has 108 valence electrons. The molecule has 0 aliphatic heterocycles. The van der Waals surface area contributed by atoms with Gasteiger partial charge in [0.15, 0.2) is 0 Å². The minimum atomic E-state index is 0.395. The number of hydrogen-bond acceptors (Lipinski definition) is 2. The van der Waals surface area contributed by atoms with Crippen LogP contribution in [0.15, 0.2) is 0 Å². The summed E-state index contributed by atoms with van der Waals surface area (Å²) in [7, 11) is 2.30. The summed E-state index contributed by atoms with van der Waals surface area (Å²) >= 11 is 0. The average Bonchev–Trinajstić information content (AvgIpc) is 2.27. The topological polar surface area (TPSA) is 29.3 Å². The molecule has 1 aliphatic rings. The largest absolute Gasteiger partial charge is 0.330 e. The van der Waals surface area contributed by atoms with E-state index < -0.39 is 0 Å². The van der Waals surface area contributed by atoms with Crippen LogP contribution in [0.5, 0.6) is 0 Å². The third kappa shape index (κ3) is 5.71. The Kier molecular flexibility index (Phi) is 6.13. The first kappa shape index (κ1) is 16.0. The molecule has 0 aromatic rings. The average molecular weight is 254 g/mol. The zero-order chi connectivity index (χ0) is 13.8. The van der Waals surface area contributed by atoms with Gasteiger partial charge in [0.25, 0.3) is 0 Å². The summed E-state index contributed by atoms with van der Waals surface area (Å²) in [5, 5.41) is 0. The molecule has 18 heavy (non-hydrogen) atoms. The maximum atomic E-state index is 5.95. The molecule has 2 nitrogen and oxygen atoms in total. The van der Waals surface area contributed by atoms with Crippen molar-refractivity contribution < 1.29 is 0 Å². The molecular formula is C16H34N2. The van der Waals surface area contributed by atoms with Crippen LogP contribution in [0, 0.1) is 17.3 Å². The molecule has 0 aromatic carbocycles. The zero-order valence-electron chi connectivity index (χ0n) is 13.2. The van der Waals surface area contributed by atoms with Crippen molar-refractivity contribution in [2.45, 2.75) is 65.8 Å². The minimum Gasteiger partial charge on any atom is -0.330 e. The lowest BCUT2D eigenvalue weighted by Crippen LogP contribution is -2.40. The molecule has 1 unspecified atom stereocenters. The Morgan fingerprint density at radius 3 is 2.17 bits per heavy atom. The van der Waals surface area contributed by atoms with Gasteiger partial charge in [0.1, 0.15) is 0 Å². The first-order chi connectivity index (χ1) is 8.31.